The number of hydroxylamine groups is 2. The summed E-state index contributed by atoms with van der Waals surface area (Å²) in [5.74, 6) is 0. The molecule has 1 aromatic carbocycles. The Morgan fingerprint density at radius 3 is 2.69 bits per heavy atom. The number of aliphatic imine (C=N–C) groups is 2. The van der Waals surface area contributed by atoms with Crippen LogP contribution in [0.25, 0.3) is 5.70 Å². The molecule has 2 unspecified atom stereocenters. The topological polar surface area (TPSA) is 113 Å². The highest BCUT2D eigenvalue weighted by molar-refractivity contribution is 7.89. The largest absolute Gasteiger partial charge is 0.379 e. The number of benzene rings is 1. The van der Waals surface area contributed by atoms with Crippen LogP contribution in [0.3, 0.4) is 0 Å². The molecule has 3 heterocycles. The summed E-state index contributed by atoms with van der Waals surface area (Å²) in [6.45, 7) is 8.13. The van der Waals surface area contributed by atoms with Crippen molar-refractivity contribution in [3.05, 3.63) is 47.7 Å². The zero-order valence-electron chi connectivity index (χ0n) is 20.9. The normalized spacial score (nSPS) is 26.6. The molecule has 0 bridgehead atoms. The third kappa shape index (κ3) is 4.57. The second-order valence-electron chi connectivity index (χ2n) is 8.83. The van der Waals surface area contributed by atoms with E-state index in [-0.39, 0.29) is 11.4 Å². The van der Waals surface area contributed by atoms with Gasteiger partial charge in [0.1, 0.15) is 11.7 Å². The molecule has 10 nitrogen and oxygen atoms in total. The molecule has 0 aromatic heterocycles. The van der Waals surface area contributed by atoms with Gasteiger partial charge in [-0.1, -0.05) is 12.1 Å². The van der Waals surface area contributed by atoms with Crippen molar-refractivity contribution in [1.82, 2.24) is 14.7 Å². The molecule has 3 aliphatic heterocycles. The Balaban J connectivity index is 1.78. The number of ether oxygens (including phenoxy) is 1. The molecule has 11 heteroatoms. The van der Waals surface area contributed by atoms with Gasteiger partial charge >= 0.3 is 0 Å². The molecule has 0 spiro atoms. The van der Waals surface area contributed by atoms with Crippen molar-refractivity contribution >= 4 is 34.4 Å². The fraction of sp³-hybridized carbons (Fsp3) is 0.480. The summed E-state index contributed by atoms with van der Waals surface area (Å²) >= 11 is 0. The monoisotopic (exact) mass is 515 g/mol. The van der Waals surface area contributed by atoms with E-state index in [1.165, 1.54) is 4.31 Å². The first-order valence-electron chi connectivity index (χ1n) is 12.1. The van der Waals surface area contributed by atoms with Crippen LogP contribution in [-0.4, -0.2) is 88.2 Å². The molecule has 0 aliphatic carbocycles. The first-order valence-corrected chi connectivity index (χ1v) is 13.5. The fourth-order valence-electron chi connectivity index (χ4n) is 4.75. The van der Waals surface area contributed by atoms with Gasteiger partial charge in [0.15, 0.2) is 5.66 Å². The van der Waals surface area contributed by atoms with Gasteiger partial charge in [0.25, 0.3) is 0 Å². The summed E-state index contributed by atoms with van der Waals surface area (Å²) in [5.41, 5.74) is -0.193. The number of allylic oxidation sites excluding steroid dienone is 1. The molecule has 2 atom stereocenters. The van der Waals surface area contributed by atoms with Gasteiger partial charge in [-0.3, -0.25) is 14.8 Å². The molecule has 1 saturated heterocycles. The van der Waals surface area contributed by atoms with Crippen LogP contribution in [0.1, 0.15) is 25.0 Å². The molecule has 1 fully saturated rings. The average Bonchev–Trinajstić information content (AvgIpc) is 2.92. The number of nitrogens with zero attached hydrogens (tertiary/aromatic N) is 4. The zero-order chi connectivity index (χ0) is 25.8. The molecule has 4 rings (SSSR count). The number of aryl methyl sites for hydroxylation is 1. The lowest BCUT2D eigenvalue weighted by Gasteiger charge is -2.51. The number of dihydropyridines is 1. The van der Waals surface area contributed by atoms with Crippen molar-refractivity contribution in [2.45, 2.75) is 31.3 Å². The third-order valence-electron chi connectivity index (χ3n) is 6.72. The van der Waals surface area contributed by atoms with Crippen LogP contribution < -0.4 is 5.32 Å². The number of nitrogens with one attached hydrogen (secondary N) is 1. The summed E-state index contributed by atoms with van der Waals surface area (Å²) in [6, 6.07) is 5.06. The van der Waals surface area contributed by atoms with E-state index in [0.29, 0.717) is 50.7 Å². The van der Waals surface area contributed by atoms with Crippen molar-refractivity contribution in [2.24, 2.45) is 15.4 Å². The minimum atomic E-state index is -3.70. The molecule has 1 N–H and O–H groups in total. The molecule has 36 heavy (non-hydrogen) atoms. The molecule has 194 valence electrons. The molecule has 0 radical (unpaired) electrons. The molecule has 0 saturated carbocycles. The van der Waals surface area contributed by atoms with E-state index in [2.05, 4.69) is 15.3 Å². The van der Waals surface area contributed by atoms with E-state index in [9.17, 15) is 13.2 Å². The maximum Gasteiger partial charge on any atom is 0.243 e. The number of carbonyl (C=O) groups excluding carboxylic acids is 1. The van der Waals surface area contributed by atoms with Gasteiger partial charge in [0.2, 0.25) is 10.0 Å². The predicted molar refractivity (Wildman–Crippen MR) is 138 cm³/mol. The van der Waals surface area contributed by atoms with Crippen LogP contribution in [0.2, 0.25) is 0 Å². The Kier molecular flexibility index (Phi) is 7.86. The maximum atomic E-state index is 13.3. The second-order valence-corrected chi connectivity index (χ2v) is 10.8. The number of morpholine rings is 1. The van der Waals surface area contributed by atoms with Gasteiger partial charge in [-0.25, -0.2) is 8.42 Å². The maximum absolute atomic E-state index is 13.3. The summed E-state index contributed by atoms with van der Waals surface area (Å²) in [6.07, 6.45) is 9.39. The van der Waals surface area contributed by atoms with Crippen molar-refractivity contribution in [3.8, 4) is 0 Å². The van der Waals surface area contributed by atoms with Crippen molar-refractivity contribution in [3.63, 3.8) is 0 Å². The highest BCUT2D eigenvalue weighted by atomic mass is 32.2. The van der Waals surface area contributed by atoms with Crippen molar-refractivity contribution in [1.29, 1.82) is 0 Å². The van der Waals surface area contributed by atoms with Crippen LogP contribution >= 0.6 is 0 Å². The van der Waals surface area contributed by atoms with Crippen LogP contribution in [0, 0.1) is 12.3 Å². The highest BCUT2D eigenvalue weighted by Crippen LogP contribution is 2.39. The Hall–Kier alpha value is -2.70. The van der Waals surface area contributed by atoms with Gasteiger partial charge < -0.3 is 14.8 Å². The zero-order valence-corrected chi connectivity index (χ0v) is 21.7. The summed E-state index contributed by atoms with van der Waals surface area (Å²) in [7, 11) is -3.70. The smallest absolute Gasteiger partial charge is 0.243 e. The van der Waals surface area contributed by atoms with Gasteiger partial charge in [-0.2, -0.15) is 9.37 Å². The predicted octanol–water partition coefficient (Wildman–Crippen LogP) is 1.78. The van der Waals surface area contributed by atoms with Gasteiger partial charge in [-0.05, 0) is 44.5 Å². The van der Waals surface area contributed by atoms with Crippen LogP contribution in [-0.2, 0) is 24.4 Å². The van der Waals surface area contributed by atoms with Gasteiger partial charge in [-0.15, -0.1) is 0 Å². The molecule has 1 aromatic rings. The van der Waals surface area contributed by atoms with E-state index < -0.39 is 21.1 Å². The average molecular weight is 516 g/mol. The van der Waals surface area contributed by atoms with E-state index in [0.717, 1.165) is 11.8 Å². The van der Waals surface area contributed by atoms with Crippen molar-refractivity contribution in [2.75, 3.05) is 46.0 Å². The molecule has 3 aliphatic rings. The number of hydrogen-bond donors (Lipinski definition) is 1. The van der Waals surface area contributed by atoms with Gasteiger partial charge in [0.05, 0.1) is 43.2 Å². The lowest BCUT2D eigenvalue weighted by atomic mass is 9.74. The molecular formula is C25H33N5O5S. The Morgan fingerprint density at radius 2 is 2.06 bits per heavy atom. The summed E-state index contributed by atoms with van der Waals surface area (Å²) < 4.78 is 33.5. The quantitative estimate of drug-likeness (QED) is 0.394. The number of aldehydes is 1. The van der Waals surface area contributed by atoms with E-state index >= 15 is 0 Å². The van der Waals surface area contributed by atoms with Gasteiger partial charge in [0, 0.05) is 37.6 Å². The van der Waals surface area contributed by atoms with Crippen LogP contribution in [0.4, 0.5) is 0 Å². The van der Waals surface area contributed by atoms with Crippen LogP contribution in [0.15, 0.2) is 51.4 Å². The minimum Gasteiger partial charge on any atom is -0.379 e. The molecular weight excluding hydrogens is 482 g/mol. The lowest BCUT2D eigenvalue weighted by molar-refractivity contribution is -0.221. The van der Waals surface area contributed by atoms with E-state index in [1.807, 2.05) is 26.8 Å². The number of sulfonamides is 1. The second kappa shape index (κ2) is 10.7. The standard InChI is InChI=1S/C25H33N5O5S/c1-4-30(35-5-2)25(24(19-31)9-6-10-26-17-24)18-27-16-23(28-25)22-15-21(8-7-20(22)3)36(32,33)29-11-13-34-14-12-29/h6-10,15-16,18-19,28H,4-5,11-14,17H2,1-3H3. The number of carbonyl (C=O) groups is 1. The summed E-state index contributed by atoms with van der Waals surface area (Å²) in [4.78, 5) is 27.7. The number of hydrogen-bond acceptors (Lipinski definition) is 9. The van der Waals surface area contributed by atoms with E-state index in [4.69, 9.17) is 9.57 Å². The highest BCUT2D eigenvalue weighted by Gasteiger charge is 2.55. The Labute approximate surface area is 212 Å². The minimum absolute atomic E-state index is 0.192. The lowest BCUT2D eigenvalue weighted by Crippen LogP contribution is -2.70. The first kappa shape index (κ1) is 26.4. The SMILES string of the molecule is CCON(CC)C1(C2(C=O)C=CC=NC2)C=NC=C(c2cc(S(=O)(=O)N3CCOCC3)ccc2C)N1. The Bertz CT molecular complexity index is 1210. The number of rotatable bonds is 9. The van der Waals surface area contributed by atoms with Crippen molar-refractivity contribution < 1.29 is 22.8 Å². The van der Waals surface area contributed by atoms with Crippen LogP contribution in [0.5, 0.6) is 0 Å². The fourth-order valence-corrected chi connectivity index (χ4v) is 6.19. The van der Waals surface area contributed by atoms with E-state index in [1.54, 1.807) is 48.0 Å². The summed E-state index contributed by atoms with van der Waals surface area (Å²) in [5, 5.41) is 5.21. The third-order valence-corrected chi connectivity index (χ3v) is 8.62. The molecule has 0 amide bonds. The first-order chi connectivity index (χ1) is 17.3. The Morgan fingerprint density at radius 1 is 1.28 bits per heavy atom.